The summed E-state index contributed by atoms with van der Waals surface area (Å²) >= 11 is 4.94. The maximum atomic E-state index is 12.5. The molecule has 0 amide bonds. The van der Waals surface area contributed by atoms with Gasteiger partial charge in [-0.15, -0.1) is 11.3 Å². The van der Waals surface area contributed by atoms with Crippen LogP contribution in [0.25, 0.3) is 10.9 Å². The number of aromatic nitrogens is 3. The zero-order valence-corrected chi connectivity index (χ0v) is 13.7. The Bertz CT molecular complexity index is 842. The van der Waals surface area contributed by atoms with Gasteiger partial charge in [0.05, 0.1) is 23.8 Å². The summed E-state index contributed by atoms with van der Waals surface area (Å²) in [6.07, 6.45) is 3.38. The Morgan fingerprint density at radius 1 is 1.38 bits per heavy atom. The number of fused-ring (bicyclic) bond motifs is 1. The van der Waals surface area contributed by atoms with Crippen molar-refractivity contribution in [3.05, 3.63) is 50.4 Å². The number of hydrogen-bond acceptors (Lipinski definition) is 5. The molecule has 1 N–H and O–H groups in total. The number of hydrogen-bond donors (Lipinski definition) is 1. The van der Waals surface area contributed by atoms with Crippen molar-refractivity contribution in [3.8, 4) is 0 Å². The molecule has 0 saturated heterocycles. The first kappa shape index (κ1) is 14.2. The van der Waals surface area contributed by atoms with E-state index in [0.717, 1.165) is 21.0 Å². The van der Waals surface area contributed by atoms with Gasteiger partial charge in [-0.25, -0.2) is 9.97 Å². The summed E-state index contributed by atoms with van der Waals surface area (Å²) in [4.78, 5) is 22.1. The topological polar surface area (TPSA) is 59.8 Å². The molecule has 0 aliphatic carbocycles. The summed E-state index contributed by atoms with van der Waals surface area (Å²) in [6.45, 7) is 3.34. The van der Waals surface area contributed by atoms with E-state index in [1.54, 1.807) is 34.5 Å². The average molecular weight is 365 g/mol. The first-order valence-corrected chi connectivity index (χ1v) is 8.11. The van der Waals surface area contributed by atoms with Gasteiger partial charge in [-0.2, -0.15) is 0 Å². The highest BCUT2D eigenvalue weighted by atomic mass is 79.9. The molecule has 1 aromatic carbocycles. The molecule has 3 aromatic rings. The standard InChI is InChI=1S/C14H13BrN4OS/c1-2-16-14-17-6-10(21-14)7-19-8-18-12-4-3-9(15)5-11(12)13(19)20/h3-6,8H,2,7H2,1H3,(H,16,17). The van der Waals surface area contributed by atoms with Crippen LogP contribution in [0.5, 0.6) is 0 Å². The van der Waals surface area contributed by atoms with E-state index in [-0.39, 0.29) is 5.56 Å². The first-order chi connectivity index (χ1) is 10.2. The molecule has 0 atom stereocenters. The highest BCUT2D eigenvalue weighted by Gasteiger charge is 2.07. The third-order valence-corrected chi connectivity index (χ3v) is 4.43. The molecule has 21 heavy (non-hydrogen) atoms. The molecule has 108 valence electrons. The zero-order valence-electron chi connectivity index (χ0n) is 11.3. The molecule has 0 aliphatic heterocycles. The number of anilines is 1. The van der Waals surface area contributed by atoms with Crippen molar-refractivity contribution in [3.63, 3.8) is 0 Å². The van der Waals surface area contributed by atoms with Gasteiger partial charge in [0.25, 0.3) is 5.56 Å². The molecule has 0 radical (unpaired) electrons. The fourth-order valence-electron chi connectivity index (χ4n) is 2.03. The highest BCUT2D eigenvalue weighted by Crippen LogP contribution is 2.19. The minimum Gasteiger partial charge on any atom is -0.362 e. The van der Waals surface area contributed by atoms with Crippen LogP contribution in [0.3, 0.4) is 0 Å². The second kappa shape index (κ2) is 5.95. The molecule has 0 unspecified atom stereocenters. The Kier molecular flexibility index (Phi) is 4.03. The predicted molar refractivity (Wildman–Crippen MR) is 89.1 cm³/mol. The monoisotopic (exact) mass is 364 g/mol. The summed E-state index contributed by atoms with van der Waals surface area (Å²) in [5.74, 6) is 0. The van der Waals surface area contributed by atoms with E-state index in [2.05, 4.69) is 31.2 Å². The van der Waals surface area contributed by atoms with Crippen LogP contribution in [-0.2, 0) is 6.54 Å². The average Bonchev–Trinajstić information content (AvgIpc) is 2.90. The molecule has 7 heteroatoms. The third-order valence-electron chi connectivity index (χ3n) is 2.99. The maximum Gasteiger partial charge on any atom is 0.261 e. The van der Waals surface area contributed by atoms with Crippen LogP contribution in [0.4, 0.5) is 5.13 Å². The number of nitrogens with zero attached hydrogens (tertiary/aromatic N) is 3. The minimum absolute atomic E-state index is 0.0419. The van der Waals surface area contributed by atoms with E-state index in [0.29, 0.717) is 17.4 Å². The number of halogens is 1. The van der Waals surface area contributed by atoms with E-state index in [9.17, 15) is 4.79 Å². The minimum atomic E-state index is -0.0419. The van der Waals surface area contributed by atoms with E-state index >= 15 is 0 Å². The molecule has 3 rings (SSSR count). The third kappa shape index (κ3) is 2.98. The van der Waals surface area contributed by atoms with Crippen LogP contribution >= 0.6 is 27.3 Å². The van der Waals surface area contributed by atoms with Gasteiger partial charge in [0.2, 0.25) is 0 Å². The number of rotatable bonds is 4. The molecule has 2 heterocycles. The SMILES string of the molecule is CCNc1ncc(Cn2cnc3ccc(Br)cc3c2=O)s1. The molecule has 0 saturated carbocycles. The summed E-state index contributed by atoms with van der Waals surface area (Å²) in [7, 11) is 0. The van der Waals surface area contributed by atoms with Crippen molar-refractivity contribution in [1.82, 2.24) is 14.5 Å². The normalized spacial score (nSPS) is 11.0. The second-order valence-corrected chi connectivity index (χ2v) is 6.53. The van der Waals surface area contributed by atoms with Gasteiger partial charge in [0, 0.05) is 22.1 Å². The van der Waals surface area contributed by atoms with Crippen LogP contribution in [0, 0.1) is 0 Å². The fourth-order valence-corrected chi connectivity index (χ4v) is 3.27. The maximum absolute atomic E-state index is 12.5. The Morgan fingerprint density at radius 3 is 3.05 bits per heavy atom. The molecule has 5 nitrogen and oxygen atoms in total. The van der Waals surface area contributed by atoms with Crippen molar-refractivity contribution < 1.29 is 0 Å². The lowest BCUT2D eigenvalue weighted by Gasteiger charge is -2.05. The largest absolute Gasteiger partial charge is 0.362 e. The van der Waals surface area contributed by atoms with Crippen molar-refractivity contribution in [1.29, 1.82) is 0 Å². The van der Waals surface area contributed by atoms with E-state index in [4.69, 9.17) is 0 Å². The highest BCUT2D eigenvalue weighted by molar-refractivity contribution is 9.10. The number of thiazole rings is 1. The van der Waals surface area contributed by atoms with Crippen LogP contribution in [0.15, 0.2) is 40.0 Å². The van der Waals surface area contributed by atoms with Crippen LogP contribution in [0.1, 0.15) is 11.8 Å². The summed E-state index contributed by atoms with van der Waals surface area (Å²) in [5.41, 5.74) is 0.664. The van der Waals surface area contributed by atoms with Crippen molar-refractivity contribution in [2.75, 3.05) is 11.9 Å². The number of nitrogens with one attached hydrogen (secondary N) is 1. The molecular weight excluding hydrogens is 352 g/mol. The molecule has 0 aliphatic rings. The van der Waals surface area contributed by atoms with Gasteiger partial charge in [-0.3, -0.25) is 9.36 Å². The summed E-state index contributed by atoms with van der Waals surface area (Å²) < 4.78 is 2.48. The first-order valence-electron chi connectivity index (χ1n) is 6.50. The predicted octanol–water partition coefficient (Wildman–Crippen LogP) is 3.10. The summed E-state index contributed by atoms with van der Waals surface area (Å²) in [6, 6.07) is 5.52. The van der Waals surface area contributed by atoms with E-state index < -0.39 is 0 Å². The quantitative estimate of drug-likeness (QED) is 0.772. The lowest BCUT2D eigenvalue weighted by Crippen LogP contribution is -2.20. The fraction of sp³-hybridized carbons (Fsp3) is 0.214. The van der Waals surface area contributed by atoms with Gasteiger partial charge in [0.1, 0.15) is 0 Å². The smallest absolute Gasteiger partial charge is 0.261 e. The molecule has 2 aromatic heterocycles. The lowest BCUT2D eigenvalue weighted by molar-refractivity contribution is 0.757. The number of benzene rings is 1. The van der Waals surface area contributed by atoms with Crippen LogP contribution < -0.4 is 10.9 Å². The Labute approximate surface area is 133 Å². The van der Waals surface area contributed by atoms with Gasteiger partial charge in [0.15, 0.2) is 5.13 Å². The summed E-state index contributed by atoms with van der Waals surface area (Å²) in [5, 5.41) is 4.65. The molecule has 0 spiro atoms. The molecule has 0 bridgehead atoms. The van der Waals surface area contributed by atoms with E-state index in [1.165, 1.54) is 0 Å². The molecular formula is C14H13BrN4OS. The van der Waals surface area contributed by atoms with Crippen molar-refractivity contribution >= 4 is 43.3 Å². The van der Waals surface area contributed by atoms with Crippen molar-refractivity contribution in [2.45, 2.75) is 13.5 Å². The van der Waals surface area contributed by atoms with Gasteiger partial charge < -0.3 is 5.32 Å². The Balaban J connectivity index is 1.96. The molecule has 0 fully saturated rings. The van der Waals surface area contributed by atoms with Gasteiger partial charge in [-0.1, -0.05) is 15.9 Å². The Hall–Kier alpha value is -1.73. The van der Waals surface area contributed by atoms with Crippen LogP contribution in [-0.4, -0.2) is 21.1 Å². The Morgan fingerprint density at radius 2 is 2.24 bits per heavy atom. The zero-order chi connectivity index (χ0) is 14.8. The van der Waals surface area contributed by atoms with E-state index in [1.807, 2.05) is 19.1 Å². The van der Waals surface area contributed by atoms with Crippen molar-refractivity contribution in [2.24, 2.45) is 0 Å². The lowest BCUT2D eigenvalue weighted by atomic mass is 10.2. The van der Waals surface area contributed by atoms with Gasteiger partial charge in [-0.05, 0) is 25.1 Å². The van der Waals surface area contributed by atoms with Crippen LogP contribution in [0.2, 0.25) is 0 Å². The second-order valence-electron chi connectivity index (χ2n) is 4.50. The van der Waals surface area contributed by atoms with Gasteiger partial charge >= 0.3 is 0 Å².